The second kappa shape index (κ2) is 12.1. The van der Waals surface area contributed by atoms with Crippen LogP contribution in [0.1, 0.15) is 0 Å². The second-order valence-corrected chi connectivity index (χ2v) is 18.2. The molecule has 8 aromatic carbocycles. The maximum Gasteiger partial charge on any atom is 0.179 e. The molecule has 10 rings (SSSR count). The van der Waals surface area contributed by atoms with E-state index in [0.29, 0.717) is 0 Å². The standard InChI is InChI=1S/C48H33NSSi/c1-4-14-34(15-5-1)35-24-26-38(27-25-35)51(37-18-8-3-9-19-37,40-29-31-48-44(33-40)42-21-11-13-23-47(42)50-48)39-28-30-46-43(32-39)41-20-10-12-22-45(41)49(46)36-16-6-2-7-17-36/h1-33H. The lowest BCUT2D eigenvalue weighted by Gasteiger charge is -2.35. The molecule has 1 atom stereocenters. The van der Waals surface area contributed by atoms with Crippen molar-refractivity contribution in [2.75, 3.05) is 0 Å². The first-order valence-electron chi connectivity index (χ1n) is 17.5. The zero-order chi connectivity index (χ0) is 33.8. The van der Waals surface area contributed by atoms with Crippen molar-refractivity contribution in [1.82, 2.24) is 4.57 Å². The Morgan fingerprint density at radius 2 is 0.843 bits per heavy atom. The topological polar surface area (TPSA) is 4.93 Å². The molecule has 0 saturated heterocycles. The number of hydrogen-bond donors (Lipinski definition) is 0. The van der Waals surface area contributed by atoms with Crippen molar-refractivity contribution in [2.24, 2.45) is 0 Å². The fourth-order valence-electron chi connectivity index (χ4n) is 8.25. The van der Waals surface area contributed by atoms with Crippen molar-refractivity contribution in [3.05, 3.63) is 200 Å². The summed E-state index contributed by atoms with van der Waals surface area (Å²) in [5, 5.41) is 10.7. The number of fused-ring (bicyclic) bond motifs is 6. The molecule has 0 fully saturated rings. The summed E-state index contributed by atoms with van der Waals surface area (Å²) in [5.74, 6) is 0. The van der Waals surface area contributed by atoms with Crippen molar-refractivity contribution in [3.63, 3.8) is 0 Å². The monoisotopic (exact) mass is 683 g/mol. The van der Waals surface area contributed by atoms with E-state index in [0.717, 1.165) is 0 Å². The molecule has 0 N–H and O–H groups in total. The molecule has 0 aliphatic rings. The first kappa shape index (κ1) is 29.9. The van der Waals surface area contributed by atoms with Crippen LogP contribution in [0, 0.1) is 0 Å². The number of aromatic nitrogens is 1. The molecule has 10 aromatic rings. The third-order valence-electron chi connectivity index (χ3n) is 10.6. The minimum Gasteiger partial charge on any atom is -0.309 e. The number of hydrogen-bond acceptors (Lipinski definition) is 1. The SMILES string of the molecule is c1ccc(-c2ccc([Si](c3ccccc3)(c3ccc4sc5ccccc5c4c3)c3ccc4c(c3)c3ccccc3n4-c3ccccc3)cc2)cc1. The summed E-state index contributed by atoms with van der Waals surface area (Å²) in [6.07, 6.45) is 0. The van der Waals surface area contributed by atoms with Crippen LogP contribution in [-0.4, -0.2) is 12.6 Å². The molecule has 0 amide bonds. The summed E-state index contributed by atoms with van der Waals surface area (Å²) in [4.78, 5) is 0. The van der Waals surface area contributed by atoms with Gasteiger partial charge in [-0.15, -0.1) is 11.3 Å². The first-order valence-corrected chi connectivity index (χ1v) is 20.3. The molecule has 240 valence electrons. The Balaban J connectivity index is 1.31. The van der Waals surface area contributed by atoms with Crippen LogP contribution < -0.4 is 20.7 Å². The summed E-state index contributed by atoms with van der Waals surface area (Å²) in [7, 11) is -2.88. The fraction of sp³-hybridized carbons (Fsp3) is 0. The van der Waals surface area contributed by atoms with Crippen molar-refractivity contribution >= 4 is 82.1 Å². The highest BCUT2D eigenvalue weighted by Crippen LogP contribution is 2.35. The lowest BCUT2D eigenvalue weighted by atomic mass is 10.1. The Hall–Kier alpha value is -6.00. The van der Waals surface area contributed by atoms with Crippen LogP contribution >= 0.6 is 11.3 Å². The van der Waals surface area contributed by atoms with E-state index in [1.54, 1.807) is 0 Å². The molecule has 2 heterocycles. The summed E-state index contributed by atoms with van der Waals surface area (Å²) < 4.78 is 5.08. The first-order chi connectivity index (χ1) is 25.3. The highest BCUT2D eigenvalue weighted by atomic mass is 32.1. The maximum atomic E-state index is 2.53. The van der Waals surface area contributed by atoms with E-state index < -0.39 is 8.07 Å². The van der Waals surface area contributed by atoms with Crippen LogP contribution in [-0.2, 0) is 0 Å². The Morgan fingerprint density at radius 1 is 0.333 bits per heavy atom. The van der Waals surface area contributed by atoms with Crippen molar-refractivity contribution in [3.8, 4) is 16.8 Å². The van der Waals surface area contributed by atoms with E-state index in [-0.39, 0.29) is 0 Å². The molecule has 51 heavy (non-hydrogen) atoms. The Labute approximate surface area is 302 Å². The van der Waals surface area contributed by atoms with Gasteiger partial charge in [-0.2, -0.15) is 0 Å². The van der Waals surface area contributed by atoms with Gasteiger partial charge in [-0.1, -0.05) is 164 Å². The number of rotatable bonds is 6. The van der Waals surface area contributed by atoms with E-state index >= 15 is 0 Å². The average Bonchev–Trinajstić information content (AvgIpc) is 3.75. The normalized spacial score (nSPS) is 12.9. The van der Waals surface area contributed by atoms with E-state index in [2.05, 4.69) is 205 Å². The number of para-hydroxylation sites is 2. The van der Waals surface area contributed by atoms with Crippen LogP contribution in [0.15, 0.2) is 200 Å². The summed E-state index contributed by atoms with van der Waals surface area (Å²) in [5.41, 5.74) is 6.09. The Bertz CT molecular complexity index is 2840. The molecule has 0 spiro atoms. The van der Waals surface area contributed by atoms with Gasteiger partial charge in [0.15, 0.2) is 8.07 Å². The van der Waals surface area contributed by atoms with Gasteiger partial charge in [-0.25, -0.2) is 0 Å². The lowest BCUT2D eigenvalue weighted by molar-refractivity contribution is 1.18. The molecule has 0 aliphatic carbocycles. The van der Waals surface area contributed by atoms with Gasteiger partial charge in [-0.3, -0.25) is 0 Å². The van der Waals surface area contributed by atoms with E-state index in [4.69, 9.17) is 0 Å². The summed E-state index contributed by atoms with van der Waals surface area (Å²) in [6, 6.07) is 74.6. The summed E-state index contributed by atoms with van der Waals surface area (Å²) in [6.45, 7) is 0. The van der Waals surface area contributed by atoms with Crippen molar-refractivity contribution < 1.29 is 0 Å². The molecule has 3 heteroatoms. The minimum atomic E-state index is -2.88. The minimum absolute atomic E-state index is 1.18. The third kappa shape index (κ3) is 4.74. The van der Waals surface area contributed by atoms with Gasteiger partial charge in [0.25, 0.3) is 0 Å². The van der Waals surface area contributed by atoms with E-state index in [1.807, 2.05) is 11.3 Å². The molecule has 0 radical (unpaired) electrons. The molecule has 2 aromatic heterocycles. The van der Waals surface area contributed by atoms with Crippen LogP contribution in [0.25, 0.3) is 58.8 Å². The third-order valence-corrected chi connectivity index (χ3v) is 16.5. The number of benzene rings is 8. The Kier molecular flexibility index (Phi) is 7.09. The van der Waals surface area contributed by atoms with Crippen LogP contribution in [0.4, 0.5) is 0 Å². The highest BCUT2D eigenvalue weighted by molar-refractivity contribution is 7.26. The average molecular weight is 684 g/mol. The maximum absolute atomic E-state index is 2.88. The highest BCUT2D eigenvalue weighted by Gasteiger charge is 2.42. The quantitative estimate of drug-likeness (QED) is 0.121. The molecular weight excluding hydrogens is 651 g/mol. The van der Waals surface area contributed by atoms with Crippen molar-refractivity contribution in [1.29, 1.82) is 0 Å². The lowest BCUT2D eigenvalue weighted by Crippen LogP contribution is -2.74. The smallest absolute Gasteiger partial charge is 0.179 e. The van der Waals surface area contributed by atoms with Gasteiger partial charge in [0, 0.05) is 36.6 Å². The van der Waals surface area contributed by atoms with Crippen LogP contribution in [0.2, 0.25) is 0 Å². The van der Waals surface area contributed by atoms with Crippen molar-refractivity contribution in [2.45, 2.75) is 0 Å². The van der Waals surface area contributed by atoms with E-state index in [9.17, 15) is 0 Å². The van der Waals surface area contributed by atoms with Gasteiger partial charge in [-0.05, 0) is 68.3 Å². The molecule has 1 nitrogen and oxygen atoms in total. The Morgan fingerprint density at radius 3 is 1.61 bits per heavy atom. The fourth-order valence-corrected chi connectivity index (χ4v) is 14.1. The van der Waals surface area contributed by atoms with Crippen LogP contribution in [0.3, 0.4) is 0 Å². The van der Waals surface area contributed by atoms with Crippen LogP contribution in [0.5, 0.6) is 0 Å². The molecule has 0 saturated carbocycles. The van der Waals surface area contributed by atoms with Gasteiger partial charge in [0.2, 0.25) is 0 Å². The largest absolute Gasteiger partial charge is 0.309 e. The predicted octanol–water partition coefficient (Wildman–Crippen LogP) is 10.2. The van der Waals surface area contributed by atoms with E-state index in [1.165, 1.54) is 79.5 Å². The second-order valence-electron chi connectivity index (χ2n) is 13.3. The van der Waals surface area contributed by atoms with Gasteiger partial charge < -0.3 is 4.57 Å². The molecular formula is C48H33NSSi. The number of nitrogens with zero attached hydrogens (tertiary/aromatic N) is 1. The molecule has 0 bridgehead atoms. The summed E-state index contributed by atoms with van der Waals surface area (Å²) >= 11 is 1.88. The predicted molar refractivity (Wildman–Crippen MR) is 223 cm³/mol. The number of thiophene rings is 1. The molecule has 0 aliphatic heterocycles. The zero-order valence-corrected chi connectivity index (χ0v) is 29.7. The van der Waals surface area contributed by atoms with Gasteiger partial charge >= 0.3 is 0 Å². The van der Waals surface area contributed by atoms with Gasteiger partial charge in [0.05, 0.1) is 11.0 Å². The zero-order valence-electron chi connectivity index (χ0n) is 27.9. The van der Waals surface area contributed by atoms with Gasteiger partial charge in [0.1, 0.15) is 0 Å². The molecule has 1 unspecified atom stereocenters.